The Morgan fingerprint density at radius 2 is 2.10 bits per heavy atom. The summed E-state index contributed by atoms with van der Waals surface area (Å²) in [5, 5.41) is 2.06. The number of aryl methyl sites for hydroxylation is 1. The van der Waals surface area contributed by atoms with Gasteiger partial charge in [0.15, 0.2) is 6.54 Å². The maximum Gasteiger partial charge on any atom is 0.277 e. The number of rotatable bonds is 5. The molecule has 2 rings (SSSR count). The maximum atomic E-state index is 12.3. The summed E-state index contributed by atoms with van der Waals surface area (Å²) >= 11 is 1.69. The Bertz CT molecular complexity index is 507. The largest absolute Gasteiger partial charge is 0.369 e. The minimum atomic E-state index is -0.203. The van der Waals surface area contributed by atoms with Crippen molar-refractivity contribution in [3.63, 3.8) is 0 Å². The summed E-state index contributed by atoms with van der Waals surface area (Å²) in [5.41, 5.74) is 6.57. The summed E-state index contributed by atoms with van der Waals surface area (Å²) in [4.78, 5) is 27.7. The highest BCUT2D eigenvalue weighted by atomic mass is 32.1. The molecule has 1 aliphatic rings. The Morgan fingerprint density at radius 3 is 2.62 bits per heavy atom. The van der Waals surface area contributed by atoms with Crippen molar-refractivity contribution in [1.82, 2.24) is 4.90 Å². The van der Waals surface area contributed by atoms with Gasteiger partial charge in [-0.25, -0.2) is 0 Å². The van der Waals surface area contributed by atoms with Crippen molar-refractivity contribution in [3.05, 3.63) is 21.9 Å². The molecule has 0 saturated carbocycles. The molecule has 0 aromatic carbocycles. The summed E-state index contributed by atoms with van der Waals surface area (Å²) in [6.07, 6.45) is 1.59. The van der Waals surface area contributed by atoms with E-state index < -0.39 is 0 Å². The van der Waals surface area contributed by atoms with Crippen molar-refractivity contribution in [1.29, 1.82) is 0 Å². The first-order valence-corrected chi connectivity index (χ1v) is 8.25. The second-order valence-electron chi connectivity index (χ2n) is 5.88. The molecule has 21 heavy (non-hydrogen) atoms. The third kappa shape index (κ3) is 4.28. The van der Waals surface area contributed by atoms with Crippen LogP contribution in [-0.4, -0.2) is 43.4 Å². The average Bonchev–Trinajstić information content (AvgIpc) is 2.84. The number of primary amides is 1. The number of carbonyl (C=O) groups is 2. The van der Waals surface area contributed by atoms with Gasteiger partial charge in [0.05, 0.1) is 19.6 Å². The lowest BCUT2D eigenvalue weighted by Crippen LogP contribution is -3.14. The fraction of sp³-hybridized carbons (Fsp3) is 0.600. The molecule has 116 valence electrons. The van der Waals surface area contributed by atoms with Crippen LogP contribution >= 0.6 is 11.3 Å². The van der Waals surface area contributed by atoms with Crippen LogP contribution in [0, 0.1) is 12.8 Å². The van der Waals surface area contributed by atoms with Gasteiger partial charge in [0.1, 0.15) is 0 Å². The number of thiophene rings is 1. The minimum Gasteiger partial charge on any atom is -0.369 e. The molecule has 6 heteroatoms. The highest BCUT2D eigenvalue weighted by Gasteiger charge is 2.27. The summed E-state index contributed by atoms with van der Waals surface area (Å²) < 4.78 is 0. The van der Waals surface area contributed by atoms with Gasteiger partial charge in [-0.05, 0) is 23.9 Å². The summed E-state index contributed by atoms with van der Waals surface area (Å²) in [6.45, 7) is 4.96. The smallest absolute Gasteiger partial charge is 0.277 e. The Labute approximate surface area is 129 Å². The Morgan fingerprint density at radius 1 is 1.43 bits per heavy atom. The van der Waals surface area contributed by atoms with E-state index in [1.54, 1.807) is 16.2 Å². The van der Waals surface area contributed by atoms with Gasteiger partial charge in [0, 0.05) is 30.7 Å². The molecule has 0 radical (unpaired) electrons. The summed E-state index contributed by atoms with van der Waals surface area (Å²) in [5.74, 6) is -0.0451. The number of likely N-dealkylation sites (tertiary alicyclic amines) is 1. The first-order valence-electron chi connectivity index (χ1n) is 7.37. The molecule has 0 aliphatic carbocycles. The molecule has 2 heterocycles. The molecule has 0 unspecified atom stereocenters. The van der Waals surface area contributed by atoms with Gasteiger partial charge in [-0.1, -0.05) is 0 Å². The third-order valence-corrected chi connectivity index (χ3v) is 5.28. The molecular weight excluding hydrogens is 286 g/mol. The van der Waals surface area contributed by atoms with E-state index in [-0.39, 0.29) is 17.7 Å². The van der Waals surface area contributed by atoms with E-state index in [4.69, 9.17) is 5.73 Å². The van der Waals surface area contributed by atoms with Crippen LogP contribution in [0.5, 0.6) is 0 Å². The third-order valence-electron chi connectivity index (χ3n) is 4.27. The highest BCUT2D eigenvalue weighted by molar-refractivity contribution is 7.10. The second kappa shape index (κ2) is 7.04. The molecule has 0 spiro atoms. The Kier molecular flexibility index (Phi) is 5.36. The molecule has 1 aliphatic heterocycles. The number of likely N-dealkylation sites (N-methyl/N-ethyl adjacent to an activating group) is 1. The number of amides is 2. The van der Waals surface area contributed by atoms with E-state index in [1.807, 2.05) is 7.05 Å². The van der Waals surface area contributed by atoms with Gasteiger partial charge in [0.25, 0.3) is 5.91 Å². The SMILES string of the molecule is Cc1ccsc1CN(C)C(=O)C[NH+]1CCC(C(N)=O)CC1. The average molecular weight is 310 g/mol. The van der Waals surface area contributed by atoms with Gasteiger partial charge in [-0.2, -0.15) is 0 Å². The summed E-state index contributed by atoms with van der Waals surface area (Å²) in [7, 11) is 1.86. The topological polar surface area (TPSA) is 67.8 Å². The van der Waals surface area contributed by atoms with Gasteiger partial charge < -0.3 is 15.5 Å². The zero-order valence-corrected chi connectivity index (χ0v) is 13.5. The molecule has 2 amide bonds. The molecule has 0 bridgehead atoms. The van der Waals surface area contributed by atoms with Crippen molar-refractivity contribution in [2.24, 2.45) is 11.7 Å². The lowest BCUT2D eigenvalue weighted by molar-refractivity contribution is -0.898. The lowest BCUT2D eigenvalue weighted by atomic mass is 9.96. The molecule has 1 fully saturated rings. The van der Waals surface area contributed by atoms with Crippen LogP contribution < -0.4 is 10.6 Å². The van der Waals surface area contributed by atoms with Crippen LogP contribution in [0.4, 0.5) is 0 Å². The molecule has 1 aromatic heterocycles. The zero-order chi connectivity index (χ0) is 15.4. The summed E-state index contributed by atoms with van der Waals surface area (Å²) in [6, 6.07) is 2.08. The first kappa shape index (κ1) is 16.0. The minimum absolute atomic E-state index is 0.00431. The quantitative estimate of drug-likeness (QED) is 0.790. The predicted octanol–water partition coefficient (Wildman–Crippen LogP) is -0.205. The highest BCUT2D eigenvalue weighted by Crippen LogP contribution is 2.17. The predicted molar refractivity (Wildman–Crippen MR) is 83.0 cm³/mol. The molecular formula is C15H24N3O2S+. The van der Waals surface area contributed by atoms with E-state index in [0.717, 1.165) is 25.9 Å². The molecule has 1 aromatic rings. The maximum absolute atomic E-state index is 12.3. The molecule has 1 saturated heterocycles. The van der Waals surface area contributed by atoms with Crippen LogP contribution in [0.2, 0.25) is 0 Å². The Hall–Kier alpha value is -1.40. The molecule has 0 atom stereocenters. The van der Waals surface area contributed by atoms with E-state index in [0.29, 0.717) is 13.1 Å². The molecule has 3 N–H and O–H groups in total. The normalized spacial score (nSPS) is 22.0. The zero-order valence-electron chi connectivity index (χ0n) is 12.7. The number of quaternary nitrogens is 1. The fourth-order valence-electron chi connectivity index (χ4n) is 2.71. The number of nitrogens with zero attached hydrogens (tertiary/aromatic N) is 1. The van der Waals surface area contributed by atoms with E-state index in [1.165, 1.54) is 15.3 Å². The van der Waals surface area contributed by atoms with Gasteiger partial charge in [0.2, 0.25) is 5.91 Å². The van der Waals surface area contributed by atoms with E-state index in [9.17, 15) is 9.59 Å². The number of hydrogen-bond acceptors (Lipinski definition) is 3. The van der Waals surface area contributed by atoms with E-state index >= 15 is 0 Å². The lowest BCUT2D eigenvalue weighted by Gasteiger charge is -2.28. The van der Waals surface area contributed by atoms with Crippen LogP contribution in [0.3, 0.4) is 0 Å². The van der Waals surface area contributed by atoms with Gasteiger partial charge >= 0.3 is 0 Å². The molecule has 5 nitrogen and oxygen atoms in total. The van der Waals surface area contributed by atoms with E-state index in [2.05, 4.69) is 18.4 Å². The second-order valence-corrected chi connectivity index (χ2v) is 6.88. The van der Waals surface area contributed by atoms with Crippen molar-refractivity contribution < 1.29 is 14.5 Å². The number of carbonyl (C=O) groups excluding carboxylic acids is 2. The standard InChI is InChI=1S/C15H23N3O2S/c1-11-5-8-21-13(11)9-17(2)14(19)10-18-6-3-12(4-7-18)15(16)20/h5,8,12H,3-4,6-7,9-10H2,1-2H3,(H2,16,20)/p+1. The fourth-order valence-corrected chi connectivity index (χ4v) is 3.66. The number of piperidine rings is 1. The van der Waals surface area contributed by atoms with Crippen LogP contribution in [0.1, 0.15) is 23.3 Å². The number of nitrogens with one attached hydrogen (secondary N) is 1. The van der Waals surface area contributed by atoms with Gasteiger partial charge in [-0.15, -0.1) is 11.3 Å². The Balaban J connectivity index is 1.79. The monoisotopic (exact) mass is 310 g/mol. The van der Waals surface area contributed by atoms with Crippen molar-refractivity contribution in [2.45, 2.75) is 26.3 Å². The van der Waals surface area contributed by atoms with Crippen LogP contribution in [0.25, 0.3) is 0 Å². The number of nitrogens with two attached hydrogens (primary N) is 1. The first-order chi connectivity index (χ1) is 9.97. The van der Waals surface area contributed by atoms with Crippen molar-refractivity contribution in [3.8, 4) is 0 Å². The van der Waals surface area contributed by atoms with Crippen molar-refractivity contribution in [2.75, 3.05) is 26.7 Å². The van der Waals surface area contributed by atoms with Crippen molar-refractivity contribution >= 4 is 23.2 Å². The van der Waals surface area contributed by atoms with Crippen LogP contribution in [-0.2, 0) is 16.1 Å². The van der Waals surface area contributed by atoms with Crippen LogP contribution in [0.15, 0.2) is 11.4 Å². The number of hydrogen-bond donors (Lipinski definition) is 2. The van der Waals surface area contributed by atoms with Gasteiger partial charge in [-0.3, -0.25) is 9.59 Å².